The van der Waals surface area contributed by atoms with E-state index >= 15 is 0 Å². The van der Waals surface area contributed by atoms with E-state index in [1.165, 1.54) is 17.2 Å². The lowest BCUT2D eigenvalue weighted by molar-refractivity contribution is -0.787. The highest BCUT2D eigenvalue weighted by molar-refractivity contribution is 5.85. The van der Waals surface area contributed by atoms with E-state index in [-0.39, 0.29) is 17.9 Å². The molecular formula is C16H23ClF3N6+. The Bertz CT molecular complexity index is 746. The minimum Gasteiger partial charge on any atom is -0.299 e. The average molecular weight is 392 g/mol. The molecule has 0 saturated carbocycles. The number of hydrogen-bond donors (Lipinski definition) is 0. The topological polar surface area (TPSA) is 41.1 Å². The number of aromatic nitrogens is 4. The third-order valence-electron chi connectivity index (χ3n) is 4.71. The summed E-state index contributed by atoms with van der Waals surface area (Å²) in [4.78, 5) is 5.95. The normalized spacial score (nSPS) is 18.5. The molecule has 0 aliphatic carbocycles. The Morgan fingerprint density at radius 2 is 1.96 bits per heavy atom. The Balaban J connectivity index is 0.00000243. The van der Waals surface area contributed by atoms with Crippen LogP contribution < -0.4 is 4.68 Å². The Morgan fingerprint density at radius 1 is 1.23 bits per heavy atom. The van der Waals surface area contributed by atoms with Crippen LogP contribution in [0.3, 0.4) is 0 Å². The monoisotopic (exact) mass is 391 g/mol. The lowest BCUT2D eigenvalue weighted by Gasteiger charge is -2.44. The van der Waals surface area contributed by atoms with Gasteiger partial charge in [-0.2, -0.15) is 13.2 Å². The van der Waals surface area contributed by atoms with E-state index < -0.39 is 11.7 Å². The van der Waals surface area contributed by atoms with Crippen LogP contribution in [-0.2, 0) is 12.8 Å². The molecule has 144 valence electrons. The molecule has 1 aromatic carbocycles. The van der Waals surface area contributed by atoms with Gasteiger partial charge in [-0.05, 0) is 43.9 Å². The quantitative estimate of drug-likeness (QED) is 0.750. The number of benzene rings is 1. The minimum atomic E-state index is -4.39. The van der Waals surface area contributed by atoms with Crippen molar-refractivity contribution in [3.8, 4) is 5.69 Å². The van der Waals surface area contributed by atoms with Crippen LogP contribution in [0.4, 0.5) is 13.2 Å². The number of alkyl halides is 3. The van der Waals surface area contributed by atoms with Crippen LogP contribution in [0.25, 0.3) is 5.69 Å². The Kier molecular flexibility index (Phi) is 5.94. The van der Waals surface area contributed by atoms with E-state index in [2.05, 4.69) is 41.0 Å². The number of halogens is 4. The summed E-state index contributed by atoms with van der Waals surface area (Å²) in [5.74, 6) is 0. The lowest BCUT2D eigenvalue weighted by Crippen LogP contribution is -2.61. The Morgan fingerprint density at radius 3 is 2.62 bits per heavy atom. The molecule has 2 aromatic rings. The molecule has 1 aliphatic heterocycles. The predicted molar refractivity (Wildman–Crippen MR) is 92.1 cm³/mol. The molecule has 10 heteroatoms. The fourth-order valence-corrected chi connectivity index (χ4v) is 3.00. The van der Waals surface area contributed by atoms with Crippen LogP contribution >= 0.6 is 12.4 Å². The highest BCUT2D eigenvalue weighted by Gasteiger charge is 2.33. The molecule has 0 unspecified atom stereocenters. The second kappa shape index (κ2) is 7.50. The van der Waals surface area contributed by atoms with Crippen molar-refractivity contribution in [1.82, 2.24) is 24.9 Å². The molecule has 3 rings (SSSR count). The van der Waals surface area contributed by atoms with Gasteiger partial charge in [0.2, 0.25) is 0 Å². The minimum absolute atomic E-state index is 0. The Labute approximate surface area is 156 Å². The predicted octanol–water partition coefficient (Wildman–Crippen LogP) is 1.98. The molecule has 1 saturated heterocycles. The van der Waals surface area contributed by atoms with Crippen molar-refractivity contribution in [1.29, 1.82) is 0 Å². The van der Waals surface area contributed by atoms with Gasteiger partial charge < -0.3 is 0 Å². The second-order valence-corrected chi connectivity index (χ2v) is 7.03. The van der Waals surface area contributed by atoms with Crippen molar-refractivity contribution in [2.45, 2.75) is 32.2 Å². The average Bonchev–Trinajstić information content (AvgIpc) is 2.98. The first-order valence-electron chi connectivity index (χ1n) is 8.08. The van der Waals surface area contributed by atoms with Crippen molar-refractivity contribution < 1.29 is 17.9 Å². The molecule has 0 radical (unpaired) electrons. The molecule has 2 heterocycles. The van der Waals surface area contributed by atoms with Gasteiger partial charge >= 0.3 is 6.18 Å². The Hall–Kier alpha value is -1.71. The van der Waals surface area contributed by atoms with E-state index in [1.807, 2.05) is 0 Å². The number of hydrogen-bond acceptors (Lipinski definition) is 4. The van der Waals surface area contributed by atoms with Crippen LogP contribution in [0.5, 0.6) is 0 Å². The van der Waals surface area contributed by atoms with Gasteiger partial charge in [0, 0.05) is 25.2 Å². The molecular weight excluding hydrogens is 369 g/mol. The van der Waals surface area contributed by atoms with Crippen molar-refractivity contribution in [2.24, 2.45) is 0 Å². The van der Waals surface area contributed by atoms with Crippen molar-refractivity contribution >= 4 is 12.4 Å². The van der Waals surface area contributed by atoms with E-state index in [0.717, 1.165) is 31.8 Å². The molecule has 26 heavy (non-hydrogen) atoms. The molecule has 0 N–H and O–H groups in total. The summed E-state index contributed by atoms with van der Waals surface area (Å²) in [6.07, 6.45) is -2.85. The van der Waals surface area contributed by atoms with Crippen molar-refractivity contribution in [2.75, 3.05) is 26.7 Å². The molecule has 1 aliphatic rings. The van der Waals surface area contributed by atoms with Crippen LogP contribution in [0.15, 0.2) is 30.6 Å². The second-order valence-electron chi connectivity index (χ2n) is 7.03. The first-order valence-corrected chi connectivity index (χ1v) is 8.08. The SMILES string of the molecule is CN1CCN(C[n+]2cnnn2-c2cccc(C(F)(F)F)c2)CC1(C)C.Cl. The summed E-state index contributed by atoms with van der Waals surface area (Å²) < 4.78 is 40.5. The first kappa shape index (κ1) is 20.6. The molecule has 0 atom stereocenters. The van der Waals surface area contributed by atoms with E-state index in [1.54, 1.807) is 10.7 Å². The molecule has 0 amide bonds. The van der Waals surface area contributed by atoms with Gasteiger partial charge in [0.25, 0.3) is 6.33 Å². The van der Waals surface area contributed by atoms with Gasteiger partial charge in [0.1, 0.15) is 17.5 Å². The van der Waals surface area contributed by atoms with Crippen molar-refractivity contribution in [3.05, 3.63) is 36.2 Å². The highest BCUT2D eigenvalue weighted by atomic mass is 35.5. The number of rotatable bonds is 3. The van der Waals surface area contributed by atoms with Crippen LogP contribution in [0.1, 0.15) is 19.4 Å². The summed E-state index contributed by atoms with van der Waals surface area (Å²) in [5, 5.41) is 7.82. The van der Waals surface area contributed by atoms with E-state index in [9.17, 15) is 13.2 Å². The third-order valence-corrected chi connectivity index (χ3v) is 4.71. The summed E-state index contributed by atoms with van der Waals surface area (Å²) >= 11 is 0. The molecule has 1 fully saturated rings. The van der Waals surface area contributed by atoms with Crippen LogP contribution in [0, 0.1) is 0 Å². The maximum absolute atomic E-state index is 12.9. The van der Waals surface area contributed by atoms with Crippen molar-refractivity contribution in [3.63, 3.8) is 0 Å². The molecule has 6 nitrogen and oxygen atoms in total. The largest absolute Gasteiger partial charge is 0.416 e. The summed E-state index contributed by atoms with van der Waals surface area (Å²) in [7, 11) is 2.10. The smallest absolute Gasteiger partial charge is 0.299 e. The third kappa shape index (κ3) is 4.33. The zero-order valence-corrected chi connectivity index (χ0v) is 15.8. The van der Waals surface area contributed by atoms with Gasteiger partial charge in [-0.3, -0.25) is 9.80 Å². The maximum Gasteiger partial charge on any atom is 0.416 e. The first-order chi connectivity index (χ1) is 11.7. The number of likely N-dealkylation sites (N-methyl/N-ethyl adjacent to an activating group) is 1. The van der Waals surface area contributed by atoms with Gasteiger partial charge in [-0.25, -0.2) is 0 Å². The zero-order valence-electron chi connectivity index (χ0n) is 14.9. The molecule has 0 bridgehead atoms. The maximum atomic E-state index is 12.9. The van der Waals surface area contributed by atoms with E-state index in [4.69, 9.17) is 0 Å². The zero-order chi connectivity index (χ0) is 18.2. The number of nitrogens with zero attached hydrogens (tertiary/aromatic N) is 6. The number of piperazine rings is 1. The number of tetrazole rings is 1. The van der Waals surface area contributed by atoms with Crippen LogP contribution in [-0.4, -0.2) is 57.1 Å². The summed E-state index contributed by atoms with van der Waals surface area (Å²) in [5.41, 5.74) is -0.332. The summed E-state index contributed by atoms with van der Waals surface area (Å²) in [6, 6.07) is 5.10. The lowest BCUT2D eigenvalue weighted by atomic mass is 10.0. The fraction of sp³-hybridized carbons (Fsp3) is 0.562. The van der Waals surface area contributed by atoms with Gasteiger partial charge in [-0.15, -0.1) is 17.1 Å². The molecule has 1 aromatic heterocycles. The van der Waals surface area contributed by atoms with E-state index in [0.29, 0.717) is 12.4 Å². The van der Waals surface area contributed by atoms with Crippen LogP contribution in [0.2, 0.25) is 0 Å². The van der Waals surface area contributed by atoms with Gasteiger partial charge in [0.15, 0.2) is 5.21 Å². The molecule has 0 spiro atoms. The fourth-order valence-electron chi connectivity index (χ4n) is 3.00. The van der Waals surface area contributed by atoms with Gasteiger partial charge in [-0.1, -0.05) is 6.07 Å². The van der Waals surface area contributed by atoms with Gasteiger partial charge in [0.05, 0.1) is 5.56 Å². The standard InChI is InChI=1S/C16H22F3N6.ClH/c1-15(2)10-23(8-7-22(15)3)12-24-11-20-21-25(24)14-6-4-5-13(9-14)16(17,18)19;/h4-6,9,11H,7-8,10,12H2,1-3H3;1H/q+1;. The highest BCUT2D eigenvalue weighted by Crippen LogP contribution is 2.30. The summed E-state index contributed by atoms with van der Waals surface area (Å²) in [6.45, 7) is 7.52.